The zero-order valence-electron chi connectivity index (χ0n) is 18.5. The third-order valence-electron chi connectivity index (χ3n) is 5.19. The summed E-state index contributed by atoms with van der Waals surface area (Å²) in [6, 6.07) is 14.5. The van der Waals surface area contributed by atoms with Crippen molar-refractivity contribution in [2.45, 2.75) is 26.8 Å². The minimum absolute atomic E-state index is 0.199. The van der Waals surface area contributed by atoms with Crippen LogP contribution in [0.15, 0.2) is 74.1 Å². The van der Waals surface area contributed by atoms with Gasteiger partial charge in [0.15, 0.2) is 4.80 Å². The molecule has 0 saturated carbocycles. The summed E-state index contributed by atoms with van der Waals surface area (Å²) < 4.78 is 14.0. The van der Waals surface area contributed by atoms with Crippen LogP contribution < -0.4 is 19.6 Å². The zero-order valence-corrected chi connectivity index (χ0v) is 20.9. The standard InChI is InChI=1S/C25H23BrN2O4S/c1-4-31-19-12-8-17(9-13-19)22-21(24(30)32-5-2)15(3)27-25-28(22)23(29)20(33-25)14-16-6-10-18(26)11-7-16/h6-14,22H,4-5H2,1-3H3/b20-14-/t22-/m1/s1. The van der Waals surface area contributed by atoms with Gasteiger partial charge in [-0.05, 0) is 62.2 Å². The number of esters is 1. The van der Waals surface area contributed by atoms with Gasteiger partial charge in [0.2, 0.25) is 0 Å². The van der Waals surface area contributed by atoms with Crippen LogP contribution in [0.25, 0.3) is 6.08 Å². The first-order valence-electron chi connectivity index (χ1n) is 10.6. The Morgan fingerprint density at radius 2 is 1.82 bits per heavy atom. The predicted molar refractivity (Wildman–Crippen MR) is 132 cm³/mol. The summed E-state index contributed by atoms with van der Waals surface area (Å²) in [5, 5.41) is 0. The van der Waals surface area contributed by atoms with Crippen molar-refractivity contribution >= 4 is 39.3 Å². The summed E-state index contributed by atoms with van der Waals surface area (Å²) >= 11 is 4.74. The highest BCUT2D eigenvalue weighted by Gasteiger charge is 2.33. The lowest BCUT2D eigenvalue weighted by molar-refractivity contribution is -0.139. The summed E-state index contributed by atoms with van der Waals surface area (Å²) in [5.41, 5.74) is 2.40. The van der Waals surface area contributed by atoms with Crippen molar-refractivity contribution in [2.24, 2.45) is 4.99 Å². The molecule has 0 radical (unpaired) electrons. The molecular weight excluding hydrogens is 504 g/mol. The molecule has 3 aromatic rings. The second-order valence-corrected chi connectivity index (χ2v) is 9.28. The van der Waals surface area contributed by atoms with Crippen molar-refractivity contribution in [3.8, 4) is 5.75 Å². The lowest BCUT2D eigenvalue weighted by Crippen LogP contribution is -2.39. The number of nitrogens with zero attached hydrogens (tertiary/aromatic N) is 2. The third-order valence-corrected chi connectivity index (χ3v) is 6.70. The van der Waals surface area contributed by atoms with E-state index >= 15 is 0 Å². The highest BCUT2D eigenvalue weighted by Crippen LogP contribution is 2.31. The molecule has 0 bridgehead atoms. The molecule has 1 aliphatic rings. The molecule has 1 aliphatic heterocycles. The van der Waals surface area contributed by atoms with Crippen molar-refractivity contribution in [1.29, 1.82) is 0 Å². The van der Waals surface area contributed by atoms with Crippen LogP contribution in [0, 0.1) is 0 Å². The fourth-order valence-corrected chi connectivity index (χ4v) is 5.04. The average Bonchev–Trinajstić information content (AvgIpc) is 3.10. The van der Waals surface area contributed by atoms with Gasteiger partial charge >= 0.3 is 5.97 Å². The molecule has 1 atom stereocenters. The molecule has 0 aliphatic carbocycles. The van der Waals surface area contributed by atoms with Crippen LogP contribution in [-0.4, -0.2) is 23.8 Å². The predicted octanol–water partition coefficient (Wildman–Crippen LogP) is 3.96. The molecule has 1 aromatic heterocycles. The lowest BCUT2D eigenvalue weighted by Gasteiger charge is -2.24. The average molecular weight is 527 g/mol. The van der Waals surface area contributed by atoms with Crippen LogP contribution in [0.4, 0.5) is 0 Å². The van der Waals surface area contributed by atoms with Gasteiger partial charge < -0.3 is 9.47 Å². The number of rotatable bonds is 6. The van der Waals surface area contributed by atoms with E-state index in [1.165, 1.54) is 11.3 Å². The molecule has 2 aromatic carbocycles. The molecular formula is C25H23BrN2O4S. The monoisotopic (exact) mass is 526 g/mol. The van der Waals surface area contributed by atoms with Gasteiger partial charge in [-0.1, -0.05) is 51.5 Å². The topological polar surface area (TPSA) is 69.9 Å². The Hall–Kier alpha value is -2.97. The maximum atomic E-state index is 13.5. The summed E-state index contributed by atoms with van der Waals surface area (Å²) in [4.78, 5) is 31.6. The van der Waals surface area contributed by atoms with E-state index in [1.54, 1.807) is 18.4 Å². The van der Waals surface area contributed by atoms with Crippen molar-refractivity contribution < 1.29 is 14.3 Å². The summed E-state index contributed by atoms with van der Waals surface area (Å²) in [6.45, 7) is 6.24. The molecule has 0 fully saturated rings. The van der Waals surface area contributed by atoms with Gasteiger partial charge in [0.05, 0.1) is 35.1 Å². The number of halogens is 1. The number of benzene rings is 2. The van der Waals surface area contributed by atoms with Gasteiger partial charge in [-0.15, -0.1) is 0 Å². The highest BCUT2D eigenvalue weighted by molar-refractivity contribution is 9.10. The maximum absolute atomic E-state index is 13.5. The Morgan fingerprint density at radius 1 is 1.12 bits per heavy atom. The van der Waals surface area contributed by atoms with Crippen LogP contribution in [0.3, 0.4) is 0 Å². The van der Waals surface area contributed by atoms with Crippen molar-refractivity contribution in [1.82, 2.24) is 4.57 Å². The molecule has 0 N–H and O–H groups in total. The quantitative estimate of drug-likeness (QED) is 0.456. The highest BCUT2D eigenvalue weighted by atomic mass is 79.9. The van der Waals surface area contributed by atoms with Crippen LogP contribution in [-0.2, 0) is 9.53 Å². The van der Waals surface area contributed by atoms with Gasteiger partial charge in [-0.2, -0.15) is 0 Å². The Bertz CT molecular complexity index is 1390. The second-order valence-electron chi connectivity index (χ2n) is 7.36. The largest absolute Gasteiger partial charge is 0.494 e. The minimum atomic E-state index is -0.636. The summed E-state index contributed by atoms with van der Waals surface area (Å²) in [5.74, 6) is 0.252. The third kappa shape index (κ3) is 4.72. The van der Waals surface area contributed by atoms with Gasteiger partial charge in [-0.3, -0.25) is 9.36 Å². The van der Waals surface area contributed by atoms with E-state index in [0.29, 0.717) is 27.2 Å². The van der Waals surface area contributed by atoms with E-state index in [1.807, 2.05) is 61.5 Å². The molecule has 170 valence electrons. The van der Waals surface area contributed by atoms with E-state index in [-0.39, 0.29) is 12.2 Å². The number of allylic oxidation sites excluding steroid dienone is 1. The zero-order chi connectivity index (χ0) is 23.5. The van der Waals surface area contributed by atoms with E-state index in [4.69, 9.17) is 9.47 Å². The summed E-state index contributed by atoms with van der Waals surface area (Å²) in [7, 11) is 0. The first kappa shape index (κ1) is 23.2. The molecule has 0 spiro atoms. The van der Waals surface area contributed by atoms with Gasteiger partial charge in [-0.25, -0.2) is 9.79 Å². The Labute approximate surface area is 203 Å². The van der Waals surface area contributed by atoms with Crippen LogP contribution >= 0.6 is 27.3 Å². The number of carbonyl (C=O) groups excluding carboxylic acids is 1. The molecule has 0 amide bonds. The lowest BCUT2D eigenvalue weighted by atomic mass is 9.96. The molecule has 6 nitrogen and oxygen atoms in total. The number of thiazole rings is 1. The van der Waals surface area contributed by atoms with Crippen LogP contribution in [0.1, 0.15) is 37.9 Å². The maximum Gasteiger partial charge on any atom is 0.338 e. The number of hydrogen-bond acceptors (Lipinski definition) is 6. The number of aromatic nitrogens is 1. The second kappa shape index (κ2) is 9.89. The fourth-order valence-electron chi connectivity index (χ4n) is 3.73. The van der Waals surface area contributed by atoms with E-state index in [9.17, 15) is 9.59 Å². The van der Waals surface area contributed by atoms with Crippen molar-refractivity contribution in [3.63, 3.8) is 0 Å². The van der Waals surface area contributed by atoms with Crippen LogP contribution in [0.2, 0.25) is 0 Å². The SMILES string of the molecule is CCOC(=O)C1=C(C)N=c2s/c(=C\c3ccc(Br)cc3)c(=O)n2[C@@H]1c1ccc(OCC)cc1. The van der Waals surface area contributed by atoms with E-state index < -0.39 is 12.0 Å². The molecule has 8 heteroatoms. The molecule has 2 heterocycles. The number of hydrogen-bond donors (Lipinski definition) is 0. The number of fused-ring (bicyclic) bond motifs is 1. The number of ether oxygens (including phenoxy) is 2. The Morgan fingerprint density at radius 3 is 2.45 bits per heavy atom. The minimum Gasteiger partial charge on any atom is -0.494 e. The van der Waals surface area contributed by atoms with Gasteiger partial charge in [0, 0.05) is 4.47 Å². The van der Waals surface area contributed by atoms with Crippen molar-refractivity contribution in [2.75, 3.05) is 13.2 Å². The molecule has 0 saturated heterocycles. The molecule has 4 rings (SSSR count). The Kier molecular flexibility index (Phi) is 6.95. The fraction of sp³-hybridized carbons (Fsp3) is 0.240. The molecule has 0 unspecified atom stereocenters. The normalized spacial score (nSPS) is 15.8. The number of carbonyl (C=O) groups is 1. The summed E-state index contributed by atoms with van der Waals surface area (Å²) in [6.07, 6.45) is 1.84. The van der Waals surface area contributed by atoms with E-state index in [0.717, 1.165) is 21.3 Å². The van der Waals surface area contributed by atoms with Crippen LogP contribution in [0.5, 0.6) is 5.75 Å². The van der Waals surface area contributed by atoms with E-state index in [2.05, 4.69) is 20.9 Å². The van der Waals surface area contributed by atoms with Gasteiger partial charge in [0.25, 0.3) is 5.56 Å². The smallest absolute Gasteiger partial charge is 0.338 e. The van der Waals surface area contributed by atoms with Crippen molar-refractivity contribution in [3.05, 3.63) is 95.1 Å². The first-order valence-corrected chi connectivity index (χ1v) is 12.2. The Balaban J connectivity index is 1.90. The van der Waals surface area contributed by atoms with Gasteiger partial charge in [0.1, 0.15) is 5.75 Å². The first-order chi connectivity index (χ1) is 15.9. The molecule has 33 heavy (non-hydrogen) atoms.